The van der Waals surface area contributed by atoms with Gasteiger partial charge in [-0.15, -0.1) is 6.58 Å². The van der Waals surface area contributed by atoms with Crippen molar-refractivity contribution in [2.24, 2.45) is 0 Å². The molecule has 2 aromatic rings. The van der Waals surface area contributed by atoms with Crippen LogP contribution in [0.25, 0.3) is 10.9 Å². The van der Waals surface area contributed by atoms with Crippen molar-refractivity contribution in [3.63, 3.8) is 0 Å². The predicted molar refractivity (Wildman–Crippen MR) is 79.5 cm³/mol. The number of aryl methyl sites for hydroxylation is 2. The Hall–Kier alpha value is -2.03. The van der Waals surface area contributed by atoms with Crippen LogP contribution in [-0.4, -0.2) is 16.9 Å². The van der Waals surface area contributed by atoms with E-state index >= 15 is 0 Å². The van der Waals surface area contributed by atoms with Gasteiger partial charge in [-0.25, -0.2) is 0 Å². The quantitative estimate of drug-likeness (QED) is 0.808. The largest absolute Gasteiger partial charge is 0.358 e. The Morgan fingerprint density at radius 2 is 2.21 bits per heavy atom. The zero-order valence-electron chi connectivity index (χ0n) is 11.7. The Labute approximate surface area is 113 Å². The number of hydrogen-bond acceptors (Lipinski definition) is 1. The molecule has 0 fully saturated rings. The molecule has 0 saturated heterocycles. The first kappa shape index (κ1) is 13.4. The fourth-order valence-electron chi connectivity index (χ4n) is 2.22. The lowest BCUT2D eigenvalue weighted by Crippen LogP contribution is -2.32. The SMILES string of the molecule is C=CCC(C)NC(=O)c1ccc2[nH]c(C)c(C)c2c1. The Balaban J connectivity index is 2.27. The molecule has 0 aliphatic carbocycles. The van der Waals surface area contributed by atoms with Crippen LogP contribution < -0.4 is 5.32 Å². The molecule has 1 aromatic heterocycles. The van der Waals surface area contributed by atoms with Gasteiger partial charge in [0, 0.05) is 28.2 Å². The fourth-order valence-corrected chi connectivity index (χ4v) is 2.22. The number of fused-ring (bicyclic) bond motifs is 1. The van der Waals surface area contributed by atoms with Crippen LogP contribution in [0.3, 0.4) is 0 Å². The smallest absolute Gasteiger partial charge is 0.251 e. The van der Waals surface area contributed by atoms with Crippen molar-refractivity contribution >= 4 is 16.8 Å². The van der Waals surface area contributed by atoms with Gasteiger partial charge in [0.1, 0.15) is 0 Å². The molecular formula is C16H20N2O. The van der Waals surface area contributed by atoms with Crippen molar-refractivity contribution in [1.29, 1.82) is 0 Å². The third-order valence-corrected chi connectivity index (χ3v) is 3.47. The lowest BCUT2D eigenvalue weighted by molar-refractivity contribution is 0.0940. The molecule has 1 aromatic carbocycles. The summed E-state index contributed by atoms with van der Waals surface area (Å²) in [7, 11) is 0. The lowest BCUT2D eigenvalue weighted by atomic mass is 10.1. The van der Waals surface area contributed by atoms with Crippen molar-refractivity contribution in [2.45, 2.75) is 33.2 Å². The highest BCUT2D eigenvalue weighted by Crippen LogP contribution is 2.22. The van der Waals surface area contributed by atoms with Gasteiger partial charge in [0.25, 0.3) is 5.91 Å². The number of rotatable bonds is 4. The Morgan fingerprint density at radius 1 is 1.47 bits per heavy atom. The molecule has 19 heavy (non-hydrogen) atoms. The first-order valence-corrected chi connectivity index (χ1v) is 6.53. The molecule has 0 aliphatic heterocycles. The fraction of sp³-hybridized carbons (Fsp3) is 0.312. The summed E-state index contributed by atoms with van der Waals surface area (Å²) in [4.78, 5) is 15.4. The van der Waals surface area contributed by atoms with E-state index < -0.39 is 0 Å². The molecule has 3 heteroatoms. The van der Waals surface area contributed by atoms with Gasteiger partial charge >= 0.3 is 0 Å². The van der Waals surface area contributed by atoms with Crippen LogP contribution in [0.15, 0.2) is 30.9 Å². The molecule has 0 bridgehead atoms. The zero-order valence-corrected chi connectivity index (χ0v) is 11.7. The molecule has 0 radical (unpaired) electrons. The van der Waals surface area contributed by atoms with E-state index in [1.54, 1.807) is 0 Å². The minimum absolute atomic E-state index is 0.0329. The van der Waals surface area contributed by atoms with Gasteiger partial charge in [-0.1, -0.05) is 6.08 Å². The minimum atomic E-state index is -0.0329. The predicted octanol–water partition coefficient (Wildman–Crippen LogP) is 3.48. The van der Waals surface area contributed by atoms with E-state index in [0.29, 0.717) is 5.56 Å². The van der Waals surface area contributed by atoms with Crippen molar-refractivity contribution in [3.8, 4) is 0 Å². The summed E-state index contributed by atoms with van der Waals surface area (Å²) in [5, 5.41) is 4.08. The zero-order chi connectivity index (χ0) is 14.0. The summed E-state index contributed by atoms with van der Waals surface area (Å²) in [6.07, 6.45) is 2.59. The molecule has 1 unspecified atom stereocenters. The molecule has 1 amide bonds. The Bertz CT molecular complexity index is 625. The summed E-state index contributed by atoms with van der Waals surface area (Å²) in [6, 6.07) is 5.87. The molecule has 100 valence electrons. The van der Waals surface area contributed by atoms with Crippen LogP contribution in [0.1, 0.15) is 35.0 Å². The minimum Gasteiger partial charge on any atom is -0.358 e. The van der Waals surface area contributed by atoms with Gasteiger partial charge in [-0.3, -0.25) is 4.79 Å². The molecule has 2 rings (SSSR count). The van der Waals surface area contributed by atoms with Gasteiger partial charge in [0.15, 0.2) is 0 Å². The monoisotopic (exact) mass is 256 g/mol. The second-order valence-electron chi connectivity index (χ2n) is 5.03. The average molecular weight is 256 g/mol. The number of hydrogen-bond donors (Lipinski definition) is 2. The van der Waals surface area contributed by atoms with Gasteiger partial charge in [0.2, 0.25) is 0 Å². The van der Waals surface area contributed by atoms with Crippen molar-refractivity contribution in [1.82, 2.24) is 10.3 Å². The third kappa shape index (κ3) is 2.70. The number of carbonyl (C=O) groups is 1. The third-order valence-electron chi connectivity index (χ3n) is 3.47. The van der Waals surface area contributed by atoms with E-state index in [1.165, 1.54) is 5.56 Å². The first-order chi connectivity index (χ1) is 9.02. The highest BCUT2D eigenvalue weighted by Gasteiger charge is 2.11. The summed E-state index contributed by atoms with van der Waals surface area (Å²) in [6.45, 7) is 9.77. The molecule has 0 spiro atoms. The van der Waals surface area contributed by atoms with Crippen LogP contribution in [0, 0.1) is 13.8 Å². The van der Waals surface area contributed by atoms with Gasteiger partial charge in [0.05, 0.1) is 0 Å². The number of carbonyl (C=O) groups excluding carboxylic acids is 1. The van der Waals surface area contributed by atoms with Gasteiger partial charge in [-0.2, -0.15) is 0 Å². The maximum atomic E-state index is 12.1. The van der Waals surface area contributed by atoms with Gasteiger partial charge < -0.3 is 10.3 Å². The number of amides is 1. The second kappa shape index (κ2) is 5.31. The van der Waals surface area contributed by atoms with E-state index in [0.717, 1.165) is 23.0 Å². The number of benzene rings is 1. The summed E-state index contributed by atoms with van der Waals surface area (Å²) in [5.74, 6) is -0.0329. The van der Waals surface area contributed by atoms with Gasteiger partial charge in [-0.05, 0) is 51.0 Å². The Morgan fingerprint density at radius 3 is 2.89 bits per heavy atom. The molecular weight excluding hydrogens is 236 g/mol. The van der Waals surface area contributed by atoms with Crippen molar-refractivity contribution in [2.75, 3.05) is 0 Å². The highest BCUT2D eigenvalue weighted by molar-refractivity contribution is 5.99. The average Bonchev–Trinajstić information content (AvgIpc) is 2.65. The van der Waals surface area contributed by atoms with E-state index in [9.17, 15) is 4.79 Å². The Kier molecular flexibility index (Phi) is 3.74. The molecule has 1 heterocycles. The standard InChI is InChI=1S/C16H20N2O/c1-5-6-10(2)17-16(19)13-7-8-15-14(9-13)11(3)12(4)18-15/h5,7-10,18H,1,6H2,2-4H3,(H,17,19). The number of aromatic nitrogens is 1. The number of nitrogens with one attached hydrogen (secondary N) is 2. The van der Waals surface area contributed by atoms with Crippen LogP contribution >= 0.6 is 0 Å². The van der Waals surface area contributed by atoms with Crippen LogP contribution in [0.4, 0.5) is 0 Å². The second-order valence-corrected chi connectivity index (χ2v) is 5.03. The number of H-pyrrole nitrogens is 1. The number of aromatic amines is 1. The molecule has 1 atom stereocenters. The normalized spacial score (nSPS) is 12.4. The topological polar surface area (TPSA) is 44.9 Å². The lowest BCUT2D eigenvalue weighted by Gasteiger charge is -2.11. The molecule has 3 nitrogen and oxygen atoms in total. The molecule has 0 aliphatic rings. The summed E-state index contributed by atoms with van der Waals surface area (Å²) < 4.78 is 0. The van der Waals surface area contributed by atoms with Crippen molar-refractivity contribution in [3.05, 3.63) is 47.7 Å². The summed E-state index contributed by atoms with van der Waals surface area (Å²) >= 11 is 0. The van der Waals surface area contributed by atoms with Crippen LogP contribution in [-0.2, 0) is 0 Å². The van der Waals surface area contributed by atoms with E-state index in [-0.39, 0.29) is 11.9 Å². The van der Waals surface area contributed by atoms with E-state index in [1.807, 2.05) is 38.1 Å². The van der Waals surface area contributed by atoms with Crippen molar-refractivity contribution < 1.29 is 4.79 Å². The van der Waals surface area contributed by atoms with Crippen LogP contribution in [0.5, 0.6) is 0 Å². The molecule has 2 N–H and O–H groups in total. The molecule has 0 saturated carbocycles. The highest BCUT2D eigenvalue weighted by atomic mass is 16.1. The van der Waals surface area contributed by atoms with E-state index in [2.05, 4.69) is 23.8 Å². The van der Waals surface area contributed by atoms with Crippen LogP contribution in [0.2, 0.25) is 0 Å². The first-order valence-electron chi connectivity index (χ1n) is 6.53. The van der Waals surface area contributed by atoms with E-state index in [4.69, 9.17) is 0 Å². The summed E-state index contributed by atoms with van der Waals surface area (Å²) in [5.41, 5.74) is 4.12. The maximum Gasteiger partial charge on any atom is 0.251 e. The maximum absolute atomic E-state index is 12.1.